The average molecular weight is 241 g/mol. The van der Waals surface area contributed by atoms with Gasteiger partial charge in [-0.05, 0) is 38.3 Å². The molecule has 0 fully saturated rings. The maximum absolute atomic E-state index is 4.33. The molecule has 0 aromatic carbocycles. The lowest BCUT2D eigenvalue weighted by molar-refractivity contribution is 0.581. The lowest BCUT2D eigenvalue weighted by Gasteiger charge is -2.06. The van der Waals surface area contributed by atoms with Gasteiger partial charge in [0.15, 0.2) is 0 Å². The standard InChI is InChI=1S/C12H23N3S/c1-3-15-9-8-14-12(15)11-13-7-5-4-6-10-16-2/h8-9,13H,3-7,10-11H2,1-2H3. The summed E-state index contributed by atoms with van der Waals surface area (Å²) in [5.74, 6) is 2.44. The van der Waals surface area contributed by atoms with Gasteiger partial charge in [0.1, 0.15) is 5.82 Å². The van der Waals surface area contributed by atoms with Crippen LogP contribution in [0.25, 0.3) is 0 Å². The van der Waals surface area contributed by atoms with Crippen LogP contribution in [-0.4, -0.2) is 28.1 Å². The molecule has 0 spiro atoms. The van der Waals surface area contributed by atoms with E-state index < -0.39 is 0 Å². The maximum Gasteiger partial charge on any atom is 0.122 e. The Morgan fingerprint density at radius 1 is 1.38 bits per heavy atom. The van der Waals surface area contributed by atoms with Gasteiger partial charge in [-0.25, -0.2) is 4.98 Å². The molecule has 1 N–H and O–H groups in total. The lowest BCUT2D eigenvalue weighted by atomic mass is 10.2. The van der Waals surface area contributed by atoms with E-state index in [1.165, 1.54) is 25.0 Å². The summed E-state index contributed by atoms with van der Waals surface area (Å²) >= 11 is 1.93. The largest absolute Gasteiger partial charge is 0.334 e. The molecule has 0 saturated carbocycles. The number of aromatic nitrogens is 2. The Bertz CT molecular complexity index is 273. The lowest BCUT2D eigenvalue weighted by Crippen LogP contribution is -2.18. The molecule has 1 heterocycles. The monoisotopic (exact) mass is 241 g/mol. The summed E-state index contributed by atoms with van der Waals surface area (Å²) in [5, 5.41) is 3.45. The quantitative estimate of drug-likeness (QED) is 0.674. The third-order valence-electron chi connectivity index (χ3n) is 2.63. The Kier molecular flexibility index (Phi) is 7.34. The van der Waals surface area contributed by atoms with Crippen LogP contribution in [0.3, 0.4) is 0 Å². The van der Waals surface area contributed by atoms with Crippen LogP contribution < -0.4 is 5.32 Å². The van der Waals surface area contributed by atoms with Crippen molar-refractivity contribution in [1.29, 1.82) is 0 Å². The van der Waals surface area contributed by atoms with Crippen molar-refractivity contribution >= 4 is 11.8 Å². The second-order valence-corrected chi connectivity index (χ2v) is 4.85. The summed E-state index contributed by atoms with van der Waals surface area (Å²) in [4.78, 5) is 4.33. The zero-order chi connectivity index (χ0) is 11.6. The summed E-state index contributed by atoms with van der Waals surface area (Å²) in [6.45, 7) is 5.15. The predicted octanol–water partition coefficient (Wildman–Crippen LogP) is 2.53. The number of aryl methyl sites for hydroxylation is 1. The zero-order valence-corrected chi connectivity index (χ0v) is 11.2. The van der Waals surface area contributed by atoms with Gasteiger partial charge in [-0.1, -0.05) is 6.42 Å². The van der Waals surface area contributed by atoms with Gasteiger partial charge in [0.25, 0.3) is 0 Å². The van der Waals surface area contributed by atoms with Gasteiger partial charge in [0.2, 0.25) is 0 Å². The van der Waals surface area contributed by atoms with E-state index in [2.05, 4.69) is 28.0 Å². The Morgan fingerprint density at radius 3 is 3.00 bits per heavy atom. The minimum atomic E-state index is 0.892. The number of imidazole rings is 1. The first-order valence-electron chi connectivity index (χ1n) is 6.08. The highest BCUT2D eigenvalue weighted by Crippen LogP contribution is 2.02. The Hall–Kier alpha value is -0.480. The minimum absolute atomic E-state index is 0.892. The van der Waals surface area contributed by atoms with Crippen molar-refractivity contribution in [2.75, 3.05) is 18.6 Å². The van der Waals surface area contributed by atoms with Crippen LogP contribution in [0.5, 0.6) is 0 Å². The van der Waals surface area contributed by atoms with Crippen molar-refractivity contribution in [3.63, 3.8) is 0 Å². The molecule has 3 nitrogen and oxygen atoms in total. The zero-order valence-electron chi connectivity index (χ0n) is 10.4. The van der Waals surface area contributed by atoms with Crippen LogP contribution in [0.15, 0.2) is 12.4 Å². The SMILES string of the molecule is CCn1ccnc1CNCCCCCSC. The average Bonchev–Trinajstić information content (AvgIpc) is 2.75. The second kappa shape index (κ2) is 8.65. The van der Waals surface area contributed by atoms with Gasteiger partial charge >= 0.3 is 0 Å². The predicted molar refractivity (Wildman–Crippen MR) is 71.8 cm³/mol. The first kappa shape index (κ1) is 13.6. The molecule has 1 aromatic heterocycles. The fraction of sp³-hybridized carbons (Fsp3) is 0.750. The number of thioether (sulfide) groups is 1. The highest BCUT2D eigenvalue weighted by atomic mass is 32.2. The normalized spacial score (nSPS) is 10.9. The smallest absolute Gasteiger partial charge is 0.122 e. The van der Waals surface area contributed by atoms with E-state index >= 15 is 0 Å². The summed E-state index contributed by atoms with van der Waals surface area (Å²) in [7, 11) is 0. The number of hydrogen-bond acceptors (Lipinski definition) is 3. The van der Waals surface area contributed by atoms with E-state index in [-0.39, 0.29) is 0 Å². The molecule has 16 heavy (non-hydrogen) atoms. The molecule has 0 aliphatic heterocycles. The fourth-order valence-electron chi connectivity index (χ4n) is 1.67. The van der Waals surface area contributed by atoms with Crippen LogP contribution in [0.4, 0.5) is 0 Å². The van der Waals surface area contributed by atoms with Gasteiger partial charge in [0.05, 0.1) is 6.54 Å². The van der Waals surface area contributed by atoms with Crippen molar-refractivity contribution in [3.8, 4) is 0 Å². The highest BCUT2D eigenvalue weighted by molar-refractivity contribution is 7.98. The topological polar surface area (TPSA) is 29.9 Å². The third kappa shape index (κ3) is 5.03. The molecule has 1 aromatic rings. The first-order valence-corrected chi connectivity index (χ1v) is 7.47. The van der Waals surface area contributed by atoms with Crippen LogP contribution in [0.2, 0.25) is 0 Å². The fourth-order valence-corrected chi connectivity index (χ4v) is 2.16. The highest BCUT2D eigenvalue weighted by Gasteiger charge is 1.99. The minimum Gasteiger partial charge on any atom is -0.334 e. The number of unbranched alkanes of at least 4 members (excludes halogenated alkanes) is 2. The Labute approximate surface area is 103 Å². The molecule has 4 heteroatoms. The van der Waals surface area contributed by atoms with Gasteiger partial charge in [0, 0.05) is 18.9 Å². The second-order valence-electron chi connectivity index (χ2n) is 3.86. The molecule has 1 rings (SSSR count). The molecule has 0 saturated heterocycles. The maximum atomic E-state index is 4.33. The van der Waals surface area contributed by atoms with E-state index in [1.54, 1.807) is 0 Å². The van der Waals surface area contributed by atoms with Crippen LogP contribution in [0.1, 0.15) is 32.0 Å². The summed E-state index contributed by atoms with van der Waals surface area (Å²) in [6, 6.07) is 0. The molecule has 92 valence electrons. The molecule has 0 aliphatic rings. The number of rotatable bonds is 9. The van der Waals surface area contributed by atoms with Crippen molar-refractivity contribution in [3.05, 3.63) is 18.2 Å². The molecule has 0 aliphatic carbocycles. The molecular formula is C12H23N3S. The molecular weight excluding hydrogens is 218 g/mol. The van der Waals surface area contributed by atoms with Gasteiger partial charge in [-0.2, -0.15) is 11.8 Å². The molecule has 0 bridgehead atoms. The third-order valence-corrected chi connectivity index (χ3v) is 3.32. The Morgan fingerprint density at radius 2 is 2.25 bits per heavy atom. The van der Waals surface area contributed by atoms with Gasteiger partial charge in [-0.15, -0.1) is 0 Å². The molecule has 0 unspecified atom stereocenters. The molecule has 0 radical (unpaired) electrons. The van der Waals surface area contributed by atoms with E-state index in [4.69, 9.17) is 0 Å². The number of hydrogen-bond donors (Lipinski definition) is 1. The van der Waals surface area contributed by atoms with Gasteiger partial charge < -0.3 is 9.88 Å². The Balaban J connectivity index is 2.03. The van der Waals surface area contributed by atoms with Crippen LogP contribution >= 0.6 is 11.8 Å². The van der Waals surface area contributed by atoms with Crippen LogP contribution in [-0.2, 0) is 13.1 Å². The van der Waals surface area contributed by atoms with E-state index in [1.807, 2.05) is 24.2 Å². The first-order chi connectivity index (χ1) is 7.88. The summed E-state index contributed by atoms with van der Waals surface area (Å²) < 4.78 is 2.18. The summed E-state index contributed by atoms with van der Waals surface area (Å²) in [6.07, 6.45) is 10.0. The van der Waals surface area contributed by atoms with E-state index in [9.17, 15) is 0 Å². The van der Waals surface area contributed by atoms with Gasteiger partial charge in [-0.3, -0.25) is 0 Å². The number of nitrogens with one attached hydrogen (secondary N) is 1. The summed E-state index contributed by atoms with van der Waals surface area (Å²) in [5.41, 5.74) is 0. The molecule has 0 atom stereocenters. The van der Waals surface area contributed by atoms with Crippen molar-refractivity contribution in [1.82, 2.24) is 14.9 Å². The van der Waals surface area contributed by atoms with Crippen molar-refractivity contribution < 1.29 is 0 Å². The number of nitrogens with zero attached hydrogens (tertiary/aromatic N) is 2. The van der Waals surface area contributed by atoms with Crippen molar-refractivity contribution in [2.24, 2.45) is 0 Å². The van der Waals surface area contributed by atoms with E-state index in [0.29, 0.717) is 0 Å². The van der Waals surface area contributed by atoms with Crippen molar-refractivity contribution in [2.45, 2.75) is 39.3 Å². The van der Waals surface area contributed by atoms with Crippen LogP contribution in [0, 0.1) is 0 Å². The van der Waals surface area contributed by atoms with E-state index in [0.717, 1.165) is 25.5 Å². The molecule has 0 amide bonds.